The molecule has 0 aliphatic heterocycles. The molecule has 0 radical (unpaired) electrons. The van der Waals surface area contributed by atoms with Crippen molar-refractivity contribution in [2.24, 2.45) is 5.73 Å². The van der Waals surface area contributed by atoms with Crippen LogP contribution in [-0.2, 0) is 0 Å². The first kappa shape index (κ1) is 17.0. The molecule has 3 N–H and O–H groups in total. The molecular weight excluding hydrogens is 288 g/mol. The van der Waals surface area contributed by atoms with E-state index in [0.717, 1.165) is 0 Å². The molecule has 0 aliphatic carbocycles. The highest BCUT2D eigenvalue weighted by molar-refractivity contribution is 5.85. The summed E-state index contributed by atoms with van der Waals surface area (Å²) in [6.45, 7) is 0. The number of nitrogens with two attached hydrogens (primary N) is 1. The Bertz CT molecular complexity index is 401. The number of rotatable bonds is 2. The van der Waals surface area contributed by atoms with Crippen LogP contribution in [0.2, 0.25) is 0 Å². The molecule has 1 aromatic rings. The Morgan fingerprint density at radius 2 is 1.44 bits per heavy atom. The number of hydrogen-bond donors (Lipinski definition) is 2. The van der Waals surface area contributed by atoms with E-state index in [1.165, 1.54) is 0 Å². The van der Waals surface area contributed by atoms with Gasteiger partial charge in [-0.3, -0.25) is 0 Å². The summed E-state index contributed by atoms with van der Waals surface area (Å²) < 4.78 is 74.2. The Morgan fingerprint density at radius 1 is 1.06 bits per heavy atom. The summed E-state index contributed by atoms with van der Waals surface area (Å²) in [6.07, 6.45) is -8.03. The standard InChI is InChI=1S/C9H7F6NO.ClH/c10-4-1-3(2-5(11)6(4)12)7(16)8(17)9(13,14)15;/h1-2,7-8,17H,16H2;1H/t7-,8-;/m1./s1. The molecule has 1 aromatic carbocycles. The first-order valence-electron chi connectivity index (χ1n) is 4.29. The average molecular weight is 296 g/mol. The van der Waals surface area contributed by atoms with Crippen molar-refractivity contribution in [2.75, 3.05) is 0 Å². The van der Waals surface area contributed by atoms with Gasteiger partial charge in [0.05, 0.1) is 6.04 Å². The second-order valence-corrected chi connectivity index (χ2v) is 3.31. The van der Waals surface area contributed by atoms with Crippen molar-refractivity contribution in [3.8, 4) is 0 Å². The molecule has 0 spiro atoms. The first-order chi connectivity index (χ1) is 7.64. The third-order valence-electron chi connectivity index (χ3n) is 2.07. The van der Waals surface area contributed by atoms with Gasteiger partial charge in [-0.25, -0.2) is 13.2 Å². The van der Waals surface area contributed by atoms with E-state index in [4.69, 9.17) is 10.8 Å². The van der Waals surface area contributed by atoms with Gasteiger partial charge in [-0.2, -0.15) is 13.2 Å². The van der Waals surface area contributed by atoms with Crippen LogP contribution in [0.4, 0.5) is 26.3 Å². The molecule has 1 rings (SSSR count). The number of aliphatic hydroxyl groups is 1. The van der Waals surface area contributed by atoms with Crippen molar-refractivity contribution in [1.29, 1.82) is 0 Å². The minimum Gasteiger partial charge on any atom is -0.382 e. The molecule has 18 heavy (non-hydrogen) atoms. The average Bonchev–Trinajstić information content (AvgIpc) is 2.21. The van der Waals surface area contributed by atoms with Crippen molar-refractivity contribution < 1.29 is 31.4 Å². The van der Waals surface area contributed by atoms with Crippen LogP contribution in [-0.4, -0.2) is 17.4 Å². The van der Waals surface area contributed by atoms with Gasteiger partial charge in [-0.05, 0) is 17.7 Å². The predicted octanol–water partition coefficient (Wildman–Crippen LogP) is 2.45. The molecule has 0 amide bonds. The van der Waals surface area contributed by atoms with Crippen LogP contribution < -0.4 is 5.73 Å². The molecule has 0 saturated carbocycles. The van der Waals surface area contributed by atoms with E-state index >= 15 is 0 Å². The zero-order valence-corrected chi connectivity index (χ0v) is 9.33. The zero-order valence-electron chi connectivity index (χ0n) is 8.51. The van der Waals surface area contributed by atoms with Crippen LogP contribution >= 0.6 is 12.4 Å². The number of aliphatic hydroxyl groups excluding tert-OH is 1. The van der Waals surface area contributed by atoms with Gasteiger partial charge < -0.3 is 10.8 Å². The topological polar surface area (TPSA) is 46.2 Å². The van der Waals surface area contributed by atoms with Crippen molar-refractivity contribution >= 4 is 12.4 Å². The van der Waals surface area contributed by atoms with Crippen molar-refractivity contribution in [1.82, 2.24) is 0 Å². The maximum absolute atomic E-state index is 12.7. The Balaban J connectivity index is 0.00000289. The van der Waals surface area contributed by atoms with Crippen LogP contribution in [0.5, 0.6) is 0 Å². The van der Waals surface area contributed by atoms with Crippen molar-refractivity contribution in [2.45, 2.75) is 18.3 Å². The van der Waals surface area contributed by atoms with E-state index < -0.39 is 41.3 Å². The van der Waals surface area contributed by atoms with Crippen LogP contribution in [0, 0.1) is 17.5 Å². The Morgan fingerprint density at radius 3 is 1.78 bits per heavy atom. The van der Waals surface area contributed by atoms with Gasteiger partial charge in [-0.1, -0.05) is 0 Å². The van der Waals surface area contributed by atoms with Crippen LogP contribution in [0.15, 0.2) is 12.1 Å². The van der Waals surface area contributed by atoms with E-state index in [2.05, 4.69) is 0 Å². The molecule has 0 aliphatic rings. The van der Waals surface area contributed by atoms with Gasteiger partial charge in [0.2, 0.25) is 0 Å². The van der Waals surface area contributed by atoms with Crippen LogP contribution in [0.3, 0.4) is 0 Å². The molecule has 0 saturated heterocycles. The maximum atomic E-state index is 12.7. The van der Waals surface area contributed by atoms with Crippen LogP contribution in [0.25, 0.3) is 0 Å². The molecule has 104 valence electrons. The van der Waals surface area contributed by atoms with E-state index in [1.807, 2.05) is 0 Å². The summed E-state index contributed by atoms with van der Waals surface area (Å²) in [5, 5.41) is 8.77. The van der Waals surface area contributed by atoms with Gasteiger partial charge in [0.15, 0.2) is 23.6 Å². The smallest absolute Gasteiger partial charge is 0.382 e. The molecule has 0 heterocycles. The normalized spacial score (nSPS) is 14.9. The van der Waals surface area contributed by atoms with E-state index in [0.29, 0.717) is 12.1 Å². The number of halogens is 7. The van der Waals surface area contributed by atoms with Gasteiger partial charge in [0.1, 0.15) is 0 Å². The lowest BCUT2D eigenvalue weighted by Crippen LogP contribution is -2.39. The van der Waals surface area contributed by atoms with Crippen LogP contribution in [0.1, 0.15) is 11.6 Å². The Hall–Kier alpha value is -0.990. The summed E-state index contributed by atoms with van der Waals surface area (Å²) in [5.41, 5.74) is 4.30. The van der Waals surface area contributed by atoms with Gasteiger partial charge in [-0.15, -0.1) is 12.4 Å². The lowest BCUT2D eigenvalue weighted by atomic mass is 10.0. The minimum absolute atomic E-state index is 0. The number of alkyl halides is 3. The van der Waals surface area contributed by atoms with Gasteiger partial charge >= 0.3 is 6.18 Å². The van der Waals surface area contributed by atoms with E-state index in [1.54, 1.807) is 0 Å². The van der Waals surface area contributed by atoms with Gasteiger partial charge in [0, 0.05) is 0 Å². The third kappa shape index (κ3) is 3.50. The van der Waals surface area contributed by atoms with E-state index in [-0.39, 0.29) is 12.4 Å². The molecular formula is C9H8ClF6NO. The summed E-state index contributed by atoms with van der Waals surface area (Å²) in [6, 6.07) is -1.49. The second-order valence-electron chi connectivity index (χ2n) is 3.31. The molecule has 0 fully saturated rings. The Kier molecular flexibility index (Phi) is 5.45. The maximum Gasteiger partial charge on any atom is 0.416 e. The fourth-order valence-corrected chi connectivity index (χ4v) is 1.15. The number of hydrogen-bond acceptors (Lipinski definition) is 2. The fraction of sp³-hybridized carbons (Fsp3) is 0.333. The molecule has 0 aromatic heterocycles. The summed E-state index contributed by atoms with van der Waals surface area (Å²) in [4.78, 5) is 0. The molecule has 9 heteroatoms. The highest BCUT2D eigenvalue weighted by Gasteiger charge is 2.43. The monoisotopic (exact) mass is 295 g/mol. The first-order valence-corrected chi connectivity index (χ1v) is 4.29. The Labute approximate surface area is 104 Å². The zero-order chi connectivity index (χ0) is 13.4. The van der Waals surface area contributed by atoms with E-state index in [9.17, 15) is 26.3 Å². The molecule has 2 atom stereocenters. The molecule has 0 bridgehead atoms. The highest BCUT2D eigenvalue weighted by Crippen LogP contribution is 2.29. The SMILES string of the molecule is Cl.N[C@H](c1cc(F)c(F)c(F)c1)[C@@H](O)C(F)(F)F. The van der Waals surface area contributed by atoms with Crippen molar-refractivity contribution in [3.05, 3.63) is 35.1 Å². The summed E-state index contributed by atoms with van der Waals surface area (Å²) in [7, 11) is 0. The highest BCUT2D eigenvalue weighted by atomic mass is 35.5. The minimum atomic E-state index is -5.04. The van der Waals surface area contributed by atoms with Gasteiger partial charge in [0.25, 0.3) is 0 Å². The fourth-order valence-electron chi connectivity index (χ4n) is 1.15. The quantitative estimate of drug-likeness (QED) is 0.650. The summed E-state index contributed by atoms with van der Waals surface area (Å²) >= 11 is 0. The second kappa shape index (κ2) is 5.77. The lowest BCUT2D eigenvalue weighted by Gasteiger charge is -2.21. The summed E-state index contributed by atoms with van der Waals surface area (Å²) in [5.74, 6) is -5.17. The molecule has 2 nitrogen and oxygen atoms in total. The third-order valence-corrected chi connectivity index (χ3v) is 2.07. The predicted molar refractivity (Wildman–Crippen MR) is 52.6 cm³/mol. The van der Waals surface area contributed by atoms with Crippen molar-refractivity contribution in [3.63, 3.8) is 0 Å². The molecule has 0 unspecified atom stereocenters. The largest absolute Gasteiger partial charge is 0.416 e. The number of benzene rings is 1. The lowest BCUT2D eigenvalue weighted by molar-refractivity contribution is -0.210.